The Kier molecular flexibility index (Phi) is 10.1. The molecule has 0 spiro atoms. The van der Waals surface area contributed by atoms with E-state index in [2.05, 4.69) is 9.88 Å². The Morgan fingerprint density at radius 1 is 1.05 bits per heavy atom. The van der Waals surface area contributed by atoms with Crippen molar-refractivity contribution < 1.29 is 27.4 Å². The molecule has 10 nitrogen and oxygen atoms in total. The number of aromatic nitrogens is 2. The topological polar surface area (TPSA) is 103 Å². The monoisotopic (exact) mass is 556 g/mol. The lowest BCUT2D eigenvalue weighted by molar-refractivity contribution is 0.0319. The van der Waals surface area contributed by atoms with Gasteiger partial charge in [0.2, 0.25) is 15.0 Å². The highest BCUT2D eigenvalue weighted by molar-refractivity contribution is 7.90. The second-order valence-electron chi connectivity index (χ2n) is 9.33. The van der Waals surface area contributed by atoms with Crippen LogP contribution in [0.1, 0.15) is 21.6 Å². The summed E-state index contributed by atoms with van der Waals surface area (Å²) in [7, 11) is -0.696. The zero-order valence-electron chi connectivity index (χ0n) is 22.5. The number of amides is 1. The maximum Gasteiger partial charge on any atom is 0.254 e. The van der Waals surface area contributed by atoms with Crippen molar-refractivity contribution in [2.24, 2.45) is 0 Å². The molecule has 0 unspecified atom stereocenters. The Morgan fingerprint density at radius 3 is 2.54 bits per heavy atom. The number of carbonyl (C=O) groups excluding carboxylic acids is 1. The molecule has 2 aromatic carbocycles. The maximum atomic E-state index is 13.6. The van der Waals surface area contributed by atoms with Crippen LogP contribution in [0, 0.1) is 0 Å². The van der Waals surface area contributed by atoms with Gasteiger partial charge in [-0.1, -0.05) is 30.3 Å². The highest BCUT2D eigenvalue weighted by Crippen LogP contribution is 2.22. The van der Waals surface area contributed by atoms with Gasteiger partial charge in [0, 0.05) is 45.4 Å². The Morgan fingerprint density at radius 2 is 1.82 bits per heavy atom. The van der Waals surface area contributed by atoms with Crippen LogP contribution in [0.4, 0.5) is 0 Å². The molecule has 11 heteroatoms. The number of ether oxygens (including phenoxy) is 3. The summed E-state index contributed by atoms with van der Waals surface area (Å²) in [5.74, 6) is 0.239. The third-order valence-corrected chi connectivity index (χ3v) is 8.24. The van der Waals surface area contributed by atoms with Crippen LogP contribution in [-0.4, -0.2) is 93.9 Å². The first-order valence-corrected chi connectivity index (χ1v) is 14.6. The molecule has 1 aliphatic heterocycles. The lowest BCUT2D eigenvalue weighted by Gasteiger charge is -2.30. The molecule has 1 saturated heterocycles. The van der Waals surface area contributed by atoms with Crippen LogP contribution < -0.4 is 4.74 Å². The molecule has 0 radical (unpaired) electrons. The van der Waals surface area contributed by atoms with Crippen molar-refractivity contribution in [3.63, 3.8) is 0 Å². The van der Waals surface area contributed by atoms with E-state index in [9.17, 15) is 13.2 Å². The Bertz CT molecular complexity index is 1320. The van der Waals surface area contributed by atoms with Gasteiger partial charge in [-0.05, 0) is 29.8 Å². The molecule has 2 heterocycles. The van der Waals surface area contributed by atoms with Gasteiger partial charge in [0.05, 0.1) is 51.1 Å². The number of hydrogen-bond donors (Lipinski definition) is 0. The van der Waals surface area contributed by atoms with Crippen molar-refractivity contribution in [2.45, 2.75) is 24.0 Å². The van der Waals surface area contributed by atoms with E-state index in [0.29, 0.717) is 55.5 Å². The van der Waals surface area contributed by atoms with Crippen LogP contribution in [0.3, 0.4) is 0 Å². The van der Waals surface area contributed by atoms with Gasteiger partial charge in [0.1, 0.15) is 5.75 Å². The van der Waals surface area contributed by atoms with Crippen LogP contribution in [-0.2, 0) is 38.2 Å². The summed E-state index contributed by atoms with van der Waals surface area (Å²) < 4.78 is 44.6. The van der Waals surface area contributed by atoms with E-state index >= 15 is 0 Å². The third-order valence-electron chi connectivity index (χ3n) is 6.64. The molecule has 1 aromatic heterocycles. The molecule has 0 atom stereocenters. The molecule has 0 bridgehead atoms. The molecule has 210 valence electrons. The third kappa shape index (κ3) is 7.66. The van der Waals surface area contributed by atoms with Gasteiger partial charge >= 0.3 is 0 Å². The lowest BCUT2D eigenvalue weighted by Crippen LogP contribution is -2.43. The first kappa shape index (κ1) is 28.8. The minimum absolute atomic E-state index is 0.0438. The van der Waals surface area contributed by atoms with Gasteiger partial charge in [0.25, 0.3) is 5.91 Å². The minimum Gasteiger partial charge on any atom is -0.497 e. The van der Waals surface area contributed by atoms with Crippen molar-refractivity contribution in [2.75, 3.05) is 60.2 Å². The minimum atomic E-state index is -3.80. The van der Waals surface area contributed by atoms with Crippen molar-refractivity contribution in [3.05, 3.63) is 77.6 Å². The predicted octanol–water partition coefficient (Wildman–Crippen LogP) is 2.49. The first-order valence-electron chi connectivity index (χ1n) is 12.9. The average Bonchev–Trinajstić information content (AvgIpc) is 3.37. The van der Waals surface area contributed by atoms with Crippen LogP contribution >= 0.6 is 0 Å². The largest absolute Gasteiger partial charge is 0.497 e. The summed E-state index contributed by atoms with van der Waals surface area (Å²) >= 11 is 0. The Balaban J connectivity index is 1.61. The standard InChI is InChI=1S/C28H36N4O6S/c1-36-16-15-32-25(20-29-28(32)39(34,35)22-23-7-6-10-26(19-23)37-2)21-31(12-11-30-13-17-38-18-14-30)27(33)24-8-4-3-5-9-24/h3-10,19-20H,11-18,21-22H2,1-2H3. The van der Waals surface area contributed by atoms with E-state index in [0.717, 1.165) is 13.1 Å². The SMILES string of the molecule is COCCn1c(CN(CCN2CCOCC2)C(=O)c2ccccc2)cnc1S(=O)(=O)Cc1cccc(OC)c1. The Hall–Kier alpha value is -3.25. The van der Waals surface area contributed by atoms with Gasteiger partial charge < -0.3 is 23.7 Å². The summed E-state index contributed by atoms with van der Waals surface area (Å²) in [6, 6.07) is 16.1. The molecule has 1 amide bonds. The van der Waals surface area contributed by atoms with Crippen molar-refractivity contribution in [3.8, 4) is 5.75 Å². The Labute approximate surface area is 230 Å². The zero-order valence-corrected chi connectivity index (χ0v) is 23.3. The number of morpholine rings is 1. The fraction of sp³-hybridized carbons (Fsp3) is 0.429. The summed E-state index contributed by atoms with van der Waals surface area (Å²) in [6.45, 7) is 4.93. The summed E-state index contributed by atoms with van der Waals surface area (Å²) in [5.41, 5.74) is 1.81. The molecule has 3 aromatic rings. The van der Waals surface area contributed by atoms with Crippen LogP contribution in [0.5, 0.6) is 5.75 Å². The highest BCUT2D eigenvalue weighted by atomic mass is 32.2. The zero-order chi connectivity index (χ0) is 27.7. The number of methoxy groups -OCH3 is 2. The number of hydrogen-bond acceptors (Lipinski definition) is 8. The molecule has 0 saturated carbocycles. The lowest BCUT2D eigenvalue weighted by atomic mass is 10.2. The number of rotatable bonds is 13. The van der Waals surface area contributed by atoms with Gasteiger partial charge in [-0.25, -0.2) is 13.4 Å². The quantitative estimate of drug-likeness (QED) is 0.316. The van der Waals surface area contributed by atoms with E-state index in [-0.39, 0.29) is 29.9 Å². The summed E-state index contributed by atoms with van der Waals surface area (Å²) in [4.78, 5) is 21.9. The van der Waals surface area contributed by atoms with E-state index < -0.39 is 9.84 Å². The van der Waals surface area contributed by atoms with Gasteiger partial charge in [-0.15, -0.1) is 0 Å². The average molecular weight is 557 g/mol. The van der Waals surface area contributed by atoms with Crippen LogP contribution in [0.2, 0.25) is 0 Å². The fourth-order valence-electron chi connectivity index (χ4n) is 4.53. The number of imidazole rings is 1. The van der Waals surface area contributed by atoms with Gasteiger partial charge in [-0.2, -0.15) is 0 Å². The van der Waals surface area contributed by atoms with Crippen molar-refractivity contribution >= 4 is 15.7 Å². The number of carbonyl (C=O) groups is 1. The molecule has 0 N–H and O–H groups in total. The summed E-state index contributed by atoms with van der Waals surface area (Å²) in [6.07, 6.45) is 1.55. The maximum absolute atomic E-state index is 13.6. The van der Waals surface area contributed by atoms with Gasteiger partial charge in [-0.3, -0.25) is 9.69 Å². The van der Waals surface area contributed by atoms with E-state index in [1.165, 1.54) is 0 Å². The van der Waals surface area contributed by atoms with Crippen LogP contribution in [0.15, 0.2) is 66.0 Å². The number of sulfone groups is 1. The molecule has 0 aliphatic carbocycles. The summed E-state index contributed by atoms with van der Waals surface area (Å²) in [5, 5.41) is -0.0438. The molecule has 39 heavy (non-hydrogen) atoms. The predicted molar refractivity (Wildman–Crippen MR) is 146 cm³/mol. The molecule has 1 aliphatic rings. The van der Waals surface area contributed by atoms with Crippen LogP contribution in [0.25, 0.3) is 0 Å². The fourth-order valence-corrected chi connectivity index (χ4v) is 6.04. The number of benzene rings is 2. The van der Waals surface area contributed by atoms with Crippen molar-refractivity contribution in [1.82, 2.24) is 19.4 Å². The normalized spacial score (nSPS) is 14.3. The van der Waals surface area contributed by atoms with Gasteiger partial charge in [0.15, 0.2) is 0 Å². The second kappa shape index (κ2) is 13.7. The second-order valence-corrected chi connectivity index (χ2v) is 11.2. The number of nitrogens with zero attached hydrogens (tertiary/aromatic N) is 4. The molecule has 1 fully saturated rings. The van der Waals surface area contributed by atoms with E-state index in [1.54, 1.807) is 66.3 Å². The molecule has 4 rings (SSSR count). The van der Waals surface area contributed by atoms with E-state index in [1.807, 2.05) is 18.2 Å². The van der Waals surface area contributed by atoms with E-state index in [4.69, 9.17) is 14.2 Å². The highest BCUT2D eigenvalue weighted by Gasteiger charge is 2.26. The molecular weight excluding hydrogens is 520 g/mol. The molecular formula is C28H36N4O6S. The van der Waals surface area contributed by atoms with Crippen molar-refractivity contribution in [1.29, 1.82) is 0 Å². The first-order chi connectivity index (χ1) is 18.9. The smallest absolute Gasteiger partial charge is 0.254 e.